The molecule has 2 aromatic carbocycles. The second-order valence-corrected chi connectivity index (χ2v) is 6.88. The van der Waals surface area contributed by atoms with Gasteiger partial charge in [0.15, 0.2) is 11.5 Å². The molecule has 1 N–H and O–H groups in total. The molecule has 1 aliphatic rings. The Bertz CT molecular complexity index is 932. The maximum absolute atomic E-state index is 12.3. The molecule has 4 rings (SSSR count). The van der Waals surface area contributed by atoms with Gasteiger partial charge in [0.2, 0.25) is 0 Å². The first-order chi connectivity index (χ1) is 12.7. The number of ether oxygens (including phenoxy) is 1. The van der Waals surface area contributed by atoms with Gasteiger partial charge in [-0.25, -0.2) is 4.98 Å². The van der Waals surface area contributed by atoms with E-state index in [1.165, 1.54) is 0 Å². The van der Waals surface area contributed by atoms with Crippen LogP contribution in [0, 0.1) is 0 Å². The van der Waals surface area contributed by atoms with E-state index < -0.39 is 0 Å². The number of amides is 1. The molecule has 0 spiro atoms. The van der Waals surface area contributed by atoms with E-state index in [1.54, 1.807) is 18.2 Å². The lowest BCUT2D eigenvalue weighted by Gasteiger charge is -2.10. The van der Waals surface area contributed by atoms with Crippen molar-refractivity contribution < 1.29 is 13.9 Å². The highest BCUT2D eigenvalue weighted by atomic mass is 35.5. The molecule has 6 heteroatoms. The van der Waals surface area contributed by atoms with E-state index in [0.717, 1.165) is 30.5 Å². The summed E-state index contributed by atoms with van der Waals surface area (Å²) in [6.45, 7) is 1.31. The number of rotatable bonds is 5. The number of nitrogens with zero attached hydrogens (tertiary/aromatic N) is 1. The summed E-state index contributed by atoms with van der Waals surface area (Å²) in [6.07, 6.45) is 2.72. The van der Waals surface area contributed by atoms with E-state index in [4.69, 9.17) is 20.8 Å². The van der Waals surface area contributed by atoms with Crippen LogP contribution in [0.4, 0.5) is 0 Å². The second-order valence-electron chi connectivity index (χ2n) is 6.44. The van der Waals surface area contributed by atoms with Crippen molar-refractivity contribution in [1.82, 2.24) is 10.3 Å². The topological polar surface area (TPSA) is 64.4 Å². The zero-order valence-corrected chi connectivity index (χ0v) is 15.0. The molecule has 1 amide bonds. The number of fused-ring (bicyclic) bond motifs is 1. The van der Waals surface area contributed by atoms with Gasteiger partial charge in [-0.3, -0.25) is 4.79 Å². The molecule has 0 unspecified atom stereocenters. The van der Waals surface area contributed by atoms with Crippen LogP contribution in [0.15, 0.2) is 46.9 Å². The minimum absolute atomic E-state index is 0.122. The Labute approximate surface area is 156 Å². The molecule has 1 aromatic heterocycles. The standard InChI is InChI=1S/C20H19ClN2O3/c21-15-4-1-3-13(9-15)10-19-23-17-7-6-14(11-18(17)26-19)20(24)22-12-16-5-2-8-25-16/h1,3-4,6-7,9,11,16H,2,5,8,10,12H2,(H,22,24)/t16-/m1/s1. The summed E-state index contributed by atoms with van der Waals surface area (Å²) in [5.41, 5.74) is 2.92. The Balaban J connectivity index is 1.47. The van der Waals surface area contributed by atoms with Crippen molar-refractivity contribution in [3.8, 4) is 0 Å². The molecule has 0 bridgehead atoms. The number of hydrogen-bond donors (Lipinski definition) is 1. The molecule has 0 saturated carbocycles. The number of hydrogen-bond acceptors (Lipinski definition) is 4. The van der Waals surface area contributed by atoms with E-state index in [-0.39, 0.29) is 12.0 Å². The summed E-state index contributed by atoms with van der Waals surface area (Å²) in [6, 6.07) is 12.9. The Morgan fingerprint density at radius 3 is 3.00 bits per heavy atom. The zero-order valence-electron chi connectivity index (χ0n) is 14.2. The van der Waals surface area contributed by atoms with Crippen molar-refractivity contribution in [2.24, 2.45) is 0 Å². The summed E-state index contributed by atoms with van der Waals surface area (Å²) in [5.74, 6) is 0.467. The average molecular weight is 371 g/mol. The van der Waals surface area contributed by atoms with Crippen molar-refractivity contribution in [3.05, 3.63) is 64.5 Å². The Morgan fingerprint density at radius 2 is 2.19 bits per heavy atom. The maximum atomic E-state index is 12.3. The normalized spacial score (nSPS) is 16.9. The number of carbonyl (C=O) groups excluding carboxylic acids is 1. The van der Waals surface area contributed by atoms with Crippen molar-refractivity contribution in [1.29, 1.82) is 0 Å². The van der Waals surface area contributed by atoms with Gasteiger partial charge in [-0.1, -0.05) is 23.7 Å². The fourth-order valence-electron chi connectivity index (χ4n) is 3.12. The molecule has 1 fully saturated rings. The largest absolute Gasteiger partial charge is 0.440 e. The molecule has 5 nitrogen and oxygen atoms in total. The number of aromatic nitrogens is 1. The van der Waals surface area contributed by atoms with E-state index in [9.17, 15) is 4.79 Å². The van der Waals surface area contributed by atoms with E-state index in [1.807, 2.05) is 24.3 Å². The van der Waals surface area contributed by atoms with Crippen LogP contribution in [0.1, 0.15) is 34.7 Å². The van der Waals surface area contributed by atoms with Gasteiger partial charge in [-0.15, -0.1) is 0 Å². The highest BCUT2D eigenvalue weighted by molar-refractivity contribution is 6.30. The summed E-state index contributed by atoms with van der Waals surface area (Å²) in [4.78, 5) is 16.8. The molecule has 0 aliphatic carbocycles. The fraction of sp³-hybridized carbons (Fsp3) is 0.300. The van der Waals surface area contributed by atoms with Crippen LogP contribution < -0.4 is 5.32 Å². The molecule has 1 saturated heterocycles. The van der Waals surface area contributed by atoms with E-state index >= 15 is 0 Å². The lowest BCUT2D eigenvalue weighted by atomic mass is 10.1. The molecule has 0 radical (unpaired) electrons. The Kier molecular flexibility index (Phi) is 4.91. The smallest absolute Gasteiger partial charge is 0.251 e. The van der Waals surface area contributed by atoms with Crippen LogP contribution in [-0.4, -0.2) is 30.1 Å². The predicted molar refractivity (Wildman–Crippen MR) is 99.6 cm³/mol. The van der Waals surface area contributed by atoms with Crippen LogP contribution in [0.3, 0.4) is 0 Å². The lowest BCUT2D eigenvalue weighted by Crippen LogP contribution is -2.31. The van der Waals surface area contributed by atoms with Crippen molar-refractivity contribution in [3.63, 3.8) is 0 Å². The summed E-state index contributed by atoms with van der Waals surface area (Å²) in [5, 5.41) is 3.60. The average Bonchev–Trinajstić information content (AvgIpc) is 3.28. The lowest BCUT2D eigenvalue weighted by molar-refractivity contribution is 0.0858. The minimum Gasteiger partial charge on any atom is -0.440 e. The van der Waals surface area contributed by atoms with Crippen LogP contribution >= 0.6 is 11.6 Å². The molecule has 26 heavy (non-hydrogen) atoms. The third kappa shape index (κ3) is 3.89. The first-order valence-electron chi connectivity index (χ1n) is 8.71. The second kappa shape index (κ2) is 7.48. The van der Waals surface area contributed by atoms with Crippen LogP contribution in [-0.2, 0) is 11.2 Å². The van der Waals surface area contributed by atoms with Gasteiger partial charge in [0, 0.05) is 30.2 Å². The SMILES string of the molecule is O=C(NC[C@H]1CCCO1)c1ccc2nc(Cc3cccc(Cl)c3)oc2c1. The molecule has 134 valence electrons. The van der Waals surface area contributed by atoms with Crippen LogP contribution in [0.5, 0.6) is 0 Å². The fourth-order valence-corrected chi connectivity index (χ4v) is 3.34. The predicted octanol–water partition coefficient (Wildman–Crippen LogP) is 3.98. The van der Waals surface area contributed by atoms with Crippen molar-refractivity contribution in [2.75, 3.05) is 13.2 Å². The quantitative estimate of drug-likeness (QED) is 0.737. The van der Waals surface area contributed by atoms with Crippen molar-refractivity contribution in [2.45, 2.75) is 25.4 Å². The first kappa shape index (κ1) is 17.1. The van der Waals surface area contributed by atoms with E-state index in [0.29, 0.717) is 35.0 Å². The molecular weight excluding hydrogens is 352 g/mol. The zero-order chi connectivity index (χ0) is 17.9. The Morgan fingerprint density at radius 1 is 1.27 bits per heavy atom. The van der Waals surface area contributed by atoms with Gasteiger partial charge in [0.05, 0.1) is 6.10 Å². The van der Waals surface area contributed by atoms with E-state index in [2.05, 4.69) is 10.3 Å². The monoisotopic (exact) mass is 370 g/mol. The minimum atomic E-state index is -0.129. The molecule has 3 aromatic rings. The molecular formula is C20H19ClN2O3. The molecule has 1 atom stereocenters. The highest BCUT2D eigenvalue weighted by Gasteiger charge is 2.17. The highest BCUT2D eigenvalue weighted by Crippen LogP contribution is 2.21. The first-order valence-corrected chi connectivity index (χ1v) is 9.09. The van der Waals surface area contributed by atoms with Gasteiger partial charge in [-0.05, 0) is 48.7 Å². The third-order valence-corrected chi connectivity index (χ3v) is 4.69. The number of benzene rings is 2. The summed E-state index contributed by atoms with van der Waals surface area (Å²) < 4.78 is 11.3. The number of nitrogens with one attached hydrogen (secondary N) is 1. The summed E-state index contributed by atoms with van der Waals surface area (Å²) in [7, 11) is 0. The third-order valence-electron chi connectivity index (χ3n) is 4.45. The van der Waals surface area contributed by atoms with Crippen LogP contribution in [0.2, 0.25) is 5.02 Å². The van der Waals surface area contributed by atoms with Gasteiger partial charge in [0.25, 0.3) is 5.91 Å². The van der Waals surface area contributed by atoms with Crippen molar-refractivity contribution >= 4 is 28.6 Å². The number of halogens is 1. The molecule has 2 heterocycles. The van der Waals surface area contributed by atoms with Gasteiger partial charge in [0.1, 0.15) is 5.52 Å². The molecule has 1 aliphatic heterocycles. The van der Waals surface area contributed by atoms with Crippen LogP contribution in [0.25, 0.3) is 11.1 Å². The number of oxazole rings is 1. The van der Waals surface area contributed by atoms with Gasteiger partial charge >= 0.3 is 0 Å². The maximum Gasteiger partial charge on any atom is 0.251 e. The van der Waals surface area contributed by atoms with Gasteiger partial charge in [-0.2, -0.15) is 0 Å². The Hall–Kier alpha value is -2.37. The van der Waals surface area contributed by atoms with Gasteiger partial charge < -0.3 is 14.5 Å². The summed E-state index contributed by atoms with van der Waals surface area (Å²) >= 11 is 6.02. The number of carbonyl (C=O) groups is 1.